The highest BCUT2D eigenvalue weighted by molar-refractivity contribution is 8.00. The Morgan fingerprint density at radius 1 is 1.00 bits per heavy atom. The smallest absolute Gasteiger partial charge is 0.321 e. The number of benzene rings is 2. The SMILES string of the molecule is O=C(O)C(SC1CCCC1)c1ccccc1-c1ccccc1. The predicted molar refractivity (Wildman–Crippen MR) is 92.1 cm³/mol. The van der Waals surface area contributed by atoms with E-state index in [1.54, 1.807) is 11.8 Å². The van der Waals surface area contributed by atoms with Crippen molar-refractivity contribution < 1.29 is 9.90 Å². The Morgan fingerprint density at radius 2 is 1.64 bits per heavy atom. The molecule has 1 fully saturated rings. The van der Waals surface area contributed by atoms with Crippen LogP contribution in [0.3, 0.4) is 0 Å². The van der Waals surface area contributed by atoms with Crippen molar-refractivity contribution in [1.82, 2.24) is 0 Å². The molecule has 2 aromatic rings. The summed E-state index contributed by atoms with van der Waals surface area (Å²) in [7, 11) is 0. The summed E-state index contributed by atoms with van der Waals surface area (Å²) >= 11 is 1.62. The number of carboxylic acids is 1. The first-order valence-electron chi connectivity index (χ1n) is 7.78. The summed E-state index contributed by atoms with van der Waals surface area (Å²) in [5, 5.41) is 9.73. The Kier molecular flexibility index (Phi) is 4.84. The molecule has 0 heterocycles. The Labute approximate surface area is 135 Å². The monoisotopic (exact) mass is 312 g/mol. The lowest BCUT2D eigenvalue weighted by molar-refractivity contribution is -0.136. The van der Waals surface area contributed by atoms with Crippen LogP contribution in [-0.4, -0.2) is 16.3 Å². The average Bonchev–Trinajstić information content (AvgIpc) is 3.06. The van der Waals surface area contributed by atoms with Gasteiger partial charge in [-0.15, -0.1) is 11.8 Å². The van der Waals surface area contributed by atoms with Gasteiger partial charge in [0.25, 0.3) is 0 Å². The van der Waals surface area contributed by atoms with E-state index in [4.69, 9.17) is 0 Å². The second-order valence-corrected chi connectivity index (χ2v) is 7.12. The zero-order chi connectivity index (χ0) is 15.4. The number of aliphatic carboxylic acids is 1. The highest BCUT2D eigenvalue weighted by Crippen LogP contribution is 2.42. The predicted octanol–water partition coefficient (Wildman–Crippen LogP) is 5.16. The van der Waals surface area contributed by atoms with E-state index in [0.29, 0.717) is 5.25 Å². The van der Waals surface area contributed by atoms with Gasteiger partial charge in [-0.25, -0.2) is 0 Å². The van der Waals surface area contributed by atoms with E-state index in [1.807, 2.05) is 54.6 Å². The van der Waals surface area contributed by atoms with Crippen LogP contribution >= 0.6 is 11.8 Å². The van der Waals surface area contributed by atoms with Gasteiger partial charge in [-0.2, -0.15) is 0 Å². The number of hydrogen-bond acceptors (Lipinski definition) is 2. The van der Waals surface area contributed by atoms with E-state index in [1.165, 1.54) is 12.8 Å². The summed E-state index contributed by atoms with van der Waals surface area (Å²) in [6.45, 7) is 0. The van der Waals surface area contributed by atoms with E-state index in [9.17, 15) is 9.90 Å². The Hall–Kier alpha value is -1.74. The van der Waals surface area contributed by atoms with E-state index in [-0.39, 0.29) is 0 Å². The number of hydrogen-bond donors (Lipinski definition) is 1. The zero-order valence-electron chi connectivity index (χ0n) is 12.4. The Bertz CT molecular complexity index is 633. The van der Waals surface area contributed by atoms with Crippen LogP contribution in [0.2, 0.25) is 0 Å². The first-order valence-corrected chi connectivity index (χ1v) is 8.72. The lowest BCUT2D eigenvalue weighted by Gasteiger charge is -2.20. The highest BCUT2D eigenvalue weighted by atomic mass is 32.2. The summed E-state index contributed by atoms with van der Waals surface area (Å²) < 4.78 is 0. The maximum atomic E-state index is 11.9. The normalized spacial score (nSPS) is 16.5. The third-order valence-corrected chi connectivity index (χ3v) is 5.77. The largest absolute Gasteiger partial charge is 0.480 e. The first-order chi connectivity index (χ1) is 10.8. The van der Waals surface area contributed by atoms with Crippen molar-refractivity contribution in [2.24, 2.45) is 0 Å². The van der Waals surface area contributed by atoms with Crippen molar-refractivity contribution in [1.29, 1.82) is 0 Å². The fourth-order valence-corrected chi connectivity index (χ4v) is 4.55. The van der Waals surface area contributed by atoms with Crippen LogP contribution < -0.4 is 0 Å². The number of rotatable bonds is 5. The molecule has 0 saturated heterocycles. The summed E-state index contributed by atoms with van der Waals surface area (Å²) in [4.78, 5) is 11.9. The molecule has 114 valence electrons. The van der Waals surface area contributed by atoms with E-state index in [2.05, 4.69) is 0 Å². The fraction of sp³-hybridized carbons (Fsp3) is 0.316. The minimum atomic E-state index is -0.736. The van der Waals surface area contributed by atoms with Crippen LogP contribution in [0, 0.1) is 0 Å². The third kappa shape index (κ3) is 3.36. The molecular formula is C19H20O2S. The maximum Gasteiger partial charge on any atom is 0.321 e. The number of carboxylic acid groups (broad SMARTS) is 1. The van der Waals surface area contributed by atoms with Crippen LogP contribution in [0.1, 0.15) is 36.5 Å². The van der Waals surface area contributed by atoms with E-state index < -0.39 is 11.2 Å². The lowest BCUT2D eigenvalue weighted by Crippen LogP contribution is -2.13. The molecule has 0 radical (unpaired) electrons. The van der Waals surface area contributed by atoms with Crippen LogP contribution in [0.5, 0.6) is 0 Å². The first kappa shape index (κ1) is 15.2. The van der Waals surface area contributed by atoms with Crippen LogP contribution in [0.15, 0.2) is 54.6 Å². The molecule has 0 amide bonds. The average molecular weight is 312 g/mol. The molecule has 1 aliphatic carbocycles. The van der Waals surface area contributed by atoms with Gasteiger partial charge in [0.15, 0.2) is 0 Å². The van der Waals surface area contributed by atoms with Crippen molar-refractivity contribution >= 4 is 17.7 Å². The van der Waals surface area contributed by atoms with Gasteiger partial charge in [0.2, 0.25) is 0 Å². The molecule has 1 saturated carbocycles. The van der Waals surface area contributed by atoms with Crippen LogP contribution in [0.25, 0.3) is 11.1 Å². The van der Waals surface area contributed by atoms with Gasteiger partial charge in [0, 0.05) is 5.25 Å². The second-order valence-electron chi connectivity index (χ2n) is 5.71. The summed E-state index contributed by atoms with van der Waals surface area (Å²) in [5.74, 6) is -0.736. The van der Waals surface area contributed by atoms with Crippen LogP contribution in [-0.2, 0) is 4.79 Å². The summed E-state index contributed by atoms with van der Waals surface area (Å²) in [6.07, 6.45) is 4.73. The quantitative estimate of drug-likeness (QED) is 0.829. The van der Waals surface area contributed by atoms with Crippen molar-refractivity contribution in [2.75, 3.05) is 0 Å². The minimum Gasteiger partial charge on any atom is -0.480 e. The molecule has 0 bridgehead atoms. The molecule has 0 aliphatic heterocycles. The molecule has 3 rings (SSSR count). The van der Waals surface area contributed by atoms with Gasteiger partial charge >= 0.3 is 5.97 Å². The highest BCUT2D eigenvalue weighted by Gasteiger charge is 2.28. The van der Waals surface area contributed by atoms with Gasteiger partial charge in [-0.3, -0.25) is 4.79 Å². The zero-order valence-corrected chi connectivity index (χ0v) is 13.3. The lowest BCUT2D eigenvalue weighted by atomic mass is 9.97. The standard InChI is InChI=1S/C19H20O2S/c20-19(21)18(22-15-10-4-5-11-15)17-13-7-6-12-16(17)14-8-2-1-3-9-14/h1-3,6-9,12-13,15,18H,4-5,10-11H2,(H,20,21). The molecule has 1 aliphatic rings. The maximum absolute atomic E-state index is 11.9. The molecule has 3 heteroatoms. The van der Waals surface area contributed by atoms with E-state index >= 15 is 0 Å². The van der Waals surface area contributed by atoms with Crippen molar-refractivity contribution in [3.63, 3.8) is 0 Å². The molecular weight excluding hydrogens is 292 g/mol. The number of carbonyl (C=O) groups is 1. The van der Waals surface area contributed by atoms with Gasteiger partial charge < -0.3 is 5.11 Å². The second kappa shape index (κ2) is 7.01. The molecule has 22 heavy (non-hydrogen) atoms. The molecule has 1 unspecified atom stereocenters. The van der Waals surface area contributed by atoms with Crippen LogP contribution in [0.4, 0.5) is 0 Å². The summed E-state index contributed by atoms with van der Waals surface area (Å²) in [5.41, 5.74) is 3.02. The van der Waals surface area contributed by atoms with E-state index in [0.717, 1.165) is 29.5 Å². The van der Waals surface area contributed by atoms with Gasteiger partial charge in [-0.1, -0.05) is 67.4 Å². The van der Waals surface area contributed by atoms with Gasteiger partial charge in [-0.05, 0) is 29.5 Å². The van der Waals surface area contributed by atoms with Crippen molar-refractivity contribution in [3.8, 4) is 11.1 Å². The fourth-order valence-electron chi connectivity index (χ4n) is 3.09. The van der Waals surface area contributed by atoms with Crippen molar-refractivity contribution in [3.05, 3.63) is 60.2 Å². The molecule has 1 atom stereocenters. The van der Waals surface area contributed by atoms with Crippen molar-refractivity contribution in [2.45, 2.75) is 36.2 Å². The molecule has 0 aromatic heterocycles. The summed E-state index contributed by atoms with van der Waals surface area (Å²) in [6, 6.07) is 17.9. The molecule has 2 aromatic carbocycles. The minimum absolute atomic E-state index is 0.477. The van der Waals surface area contributed by atoms with Gasteiger partial charge in [0.05, 0.1) is 0 Å². The Balaban J connectivity index is 1.95. The molecule has 2 nitrogen and oxygen atoms in total. The number of thioether (sulfide) groups is 1. The Morgan fingerprint density at radius 3 is 2.32 bits per heavy atom. The van der Waals surface area contributed by atoms with Gasteiger partial charge in [0.1, 0.15) is 5.25 Å². The topological polar surface area (TPSA) is 37.3 Å². The molecule has 0 spiro atoms. The third-order valence-electron chi connectivity index (χ3n) is 4.18. The molecule has 1 N–H and O–H groups in total.